The number of anilines is 1. The monoisotopic (exact) mass is 210 g/mol. The van der Waals surface area contributed by atoms with E-state index >= 15 is 0 Å². The fourth-order valence-electron chi connectivity index (χ4n) is 1.74. The summed E-state index contributed by atoms with van der Waals surface area (Å²) in [7, 11) is 0. The standard InChI is InChI=1S/C9H14N4O2/c10-8-11-6-13(12-8)9(14)15-7-4-2-1-3-5-7/h6-7H,1-5H2,(H2,10,12). The molecule has 0 amide bonds. The number of carbonyl (C=O) groups excluding carboxylic acids is 1. The van der Waals surface area contributed by atoms with Crippen LogP contribution in [0.2, 0.25) is 0 Å². The summed E-state index contributed by atoms with van der Waals surface area (Å²) in [4.78, 5) is 15.2. The fraction of sp³-hybridized carbons (Fsp3) is 0.667. The summed E-state index contributed by atoms with van der Waals surface area (Å²) in [6, 6.07) is 0. The molecule has 82 valence electrons. The molecular formula is C9H14N4O2. The zero-order valence-corrected chi connectivity index (χ0v) is 8.43. The van der Waals surface area contributed by atoms with E-state index in [1.165, 1.54) is 12.7 Å². The van der Waals surface area contributed by atoms with Gasteiger partial charge in [0, 0.05) is 0 Å². The molecule has 0 atom stereocenters. The molecule has 1 fully saturated rings. The molecule has 0 unspecified atom stereocenters. The van der Waals surface area contributed by atoms with Crippen molar-refractivity contribution in [2.24, 2.45) is 0 Å². The van der Waals surface area contributed by atoms with Crippen LogP contribution in [0.1, 0.15) is 32.1 Å². The highest BCUT2D eigenvalue weighted by molar-refractivity contribution is 5.69. The van der Waals surface area contributed by atoms with Crippen molar-refractivity contribution in [2.45, 2.75) is 38.2 Å². The average Bonchev–Trinajstić information content (AvgIpc) is 2.66. The lowest BCUT2D eigenvalue weighted by Gasteiger charge is -2.21. The molecule has 6 heteroatoms. The van der Waals surface area contributed by atoms with E-state index in [-0.39, 0.29) is 12.1 Å². The Bertz CT molecular complexity index is 344. The lowest BCUT2D eigenvalue weighted by Crippen LogP contribution is -2.24. The molecule has 15 heavy (non-hydrogen) atoms. The van der Waals surface area contributed by atoms with Crippen LogP contribution in [0.4, 0.5) is 10.7 Å². The lowest BCUT2D eigenvalue weighted by molar-refractivity contribution is 0.0740. The molecule has 0 bridgehead atoms. The van der Waals surface area contributed by atoms with Crippen LogP contribution in [-0.4, -0.2) is 27.0 Å². The van der Waals surface area contributed by atoms with Crippen LogP contribution in [-0.2, 0) is 4.74 Å². The van der Waals surface area contributed by atoms with Crippen molar-refractivity contribution in [1.82, 2.24) is 14.8 Å². The number of nitrogens with zero attached hydrogens (tertiary/aromatic N) is 3. The number of rotatable bonds is 1. The summed E-state index contributed by atoms with van der Waals surface area (Å²) in [5.74, 6) is 0.0793. The third-order valence-electron chi connectivity index (χ3n) is 2.52. The van der Waals surface area contributed by atoms with Crippen molar-refractivity contribution in [3.8, 4) is 0 Å². The third-order valence-corrected chi connectivity index (χ3v) is 2.52. The van der Waals surface area contributed by atoms with E-state index in [4.69, 9.17) is 10.5 Å². The normalized spacial score (nSPS) is 17.6. The van der Waals surface area contributed by atoms with Crippen LogP contribution >= 0.6 is 0 Å². The number of hydrogen-bond acceptors (Lipinski definition) is 5. The molecule has 0 radical (unpaired) electrons. The number of carbonyl (C=O) groups is 1. The van der Waals surface area contributed by atoms with E-state index < -0.39 is 6.09 Å². The van der Waals surface area contributed by atoms with Gasteiger partial charge in [0.25, 0.3) is 0 Å². The molecule has 1 aromatic rings. The van der Waals surface area contributed by atoms with E-state index in [0.29, 0.717) is 0 Å². The van der Waals surface area contributed by atoms with Crippen LogP contribution in [0.15, 0.2) is 6.33 Å². The Morgan fingerprint density at radius 1 is 1.47 bits per heavy atom. The van der Waals surface area contributed by atoms with Gasteiger partial charge in [0.2, 0.25) is 5.95 Å². The predicted molar refractivity (Wildman–Crippen MR) is 53.2 cm³/mol. The van der Waals surface area contributed by atoms with Crippen LogP contribution in [0, 0.1) is 0 Å². The highest BCUT2D eigenvalue weighted by Gasteiger charge is 2.19. The second-order valence-corrected chi connectivity index (χ2v) is 3.69. The number of hydrogen-bond donors (Lipinski definition) is 1. The van der Waals surface area contributed by atoms with Crippen molar-refractivity contribution in [1.29, 1.82) is 0 Å². The first-order chi connectivity index (χ1) is 7.25. The molecule has 1 aliphatic rings. The van der Waals surface area contributed by atoms with Gasteiger partial charge in [0.1, 0.15) is 12.4 Å². The summed E-state index contributed by atoms with van der Waals surface area (Å²) in [6.45, 7) is 0. The van der Waals surface area contributed by atoms with Gasteiger partial charge in [-0.15, -0.1) is 5.10 Å². The highest BCUT2D eigenvalue weighted by Crippen LogP contribution is 2.20. The van der Waals surface area contributed by atoms with Gasteiger partial charge in [-0.25, -0.2) is 9.78 Å². The molecule has 1 saturated carbocycles. The van der Waals surface area contributed by atoms with Crippen molar-refractivity contribution in [2.75, 3.05) is 5.73 Å². The Balaban J connectivity index is 1.91. The Hall–Kier alpha value is -1.59. The summed E-state index contributed by atoms with van der Waals surface area (Å²) < 4.78 is 6.29. The maximum absolute atomic E-state index is 11.5. The molecule has 2 rings (SSSR count). The van der Waals surface area contributed by atoms with Crippen LogP contribution in [0.5, 0.6) is 0 Å². The maximum Gasteiger partial charge on any atom is 0.436 e. The highest BCUT2D eigenvalue weighted by atomic mass is 16.6. The predicted octanol–water partition coefficient (Wildman–Crippen LogP) is 1.18. The smallest absolute Gasteiger partial charge is 0.436 e. The molecule has 1 heterocycles. The Morgan fingerprint density at radius 3 is 2.80 bits per heavy atom. The molecule has 1 aliphatic carbocycles. The summed E-state index contributed by atoms with van der Waals surface area (Å²) in [5, 5.41) is 3.68. The minimum Gasteiger partial charge on any atom is -0.445 e. The van der Waals surface area contributed by atoms with Gasteiger partial charge in [-0.2, -0.15) is 4.68 Å². The van der Waals surface area contributed by atoms with Crippen LogP contribution < -0.4 is 5.73 Å². The first-order valence-corrected chi connectivity index (χ1v) is 5.14. The van der Waals surface area contributed by atoms with Gasteiger partial charge in [-0.3, -0.25) is 0 Å². The molecule has 0 saturated heterocycles. The Kier molecular flexibility index (Phi) is 2.84. The molecule has 1 aromatic heterocycles. The number of ether oxygens (including phenoxy) is 1. The lowest BCUT2D eigenvalue weighted by atomic mass is 9.98. The van der Waals surface area contributed by atoms with Gasteiger partial charge < -0.3 is 10.5 Å². The Morgan fingerprint density at radius 2 is 2.20 bits per heavy atom. The van der Waals surface area contributed by atoms with Gasteiger partial charge in [-0.05, 0) is 25.7 Å². The van der Waals surface area contributed by atoms with Gasteiger partial charge in [0.15, 0.2) is 0 Å². The minimum absolute atomic E-state index is 0.0247. The van der Waals surface area contributed by atoms with E-state index in [1.807, 2.05) is 0 Å². The summed E-state index contributed by atoms with van der Waals surface area (Å²) in [5.41, 5.74) is 5.30. The van der Waals surface area contributed by atoms with Crippen molar-refractivity contribution >= 4 is 12.0 Å². The van der Waals surface area contributed by atoms with Crippen molar-refractivity contribution in [3.63, 3.8) is 0 Å². The van der Waals surface area contributed by atoms with E-state index in [2.05, 4.69) is 10.1 Å². The van der Waals surface area contributed by atoms with E-state index in [9.17, 15) is 4.79 Å². The zero-order valence-electron chi connectivity index (χ0n) is 8.43. The molecular weight excluding hydrogens is 196 g/mol. The second-order valence-electron chi connectivity index (χ2n) is 3.69. The second kappa shape index (κ2) is 4.29. The van der Waals surface area contributed by atoms with Crippen LogP contribution in [0.25, 0.3) is 0 Å². The van der Waals surface area contributed by atoms with Gasteiger partial charge >= 0.3 is 6.09 Å². The minimum atomic E-state index is -0.494. The molecule has 2 N–H and O–H groups in total. The third kappa shape index (κ3) is 2.45. The fourth-order valence-corrected chi connectivity index (χ4v) is 1.74. The van der Waals surface area contributed by atoms with Gasteiger partial charge in [0.05, 0.1) is 0 Å². The maximum atomic E-state index is 11.5. The zero-order chi connectivity index (χ0) is 10.7. The van der Waals surface area contributed by atoms with Gasteiger partial charge in [-0.1, -0.05) is 6.42 Å². The largest absolute Gasteiger partial charge is 0.445 e. The molecule has 0 aliphatic heterocycles. The van der Waals surface area contributed by atoms with Crippen molar-refractivity contribution < 1.29 is 9.53 Å². The molecule has 0 aromatic carbocycles. The quantitative estimate of drug-likeness (QED) is 0.752. The number of nitrogen functional groups attached to an aromatic ring is 1. The number of aromatic nitrogens is 3. The van der Waals surface area contributed by atoms with E-state index in [1.54, 1.807) is 0 Å². The molecule has 0 spiro atoms. The number of nitrogens with two attached hydrogens (primary N) is 1. The van der Waals surface area contributed by atoms with Crippen LogP contribution in [0.3, 0.4) is 0 Å². The molecule has 6 nitrogen and oxygen atoms in total. The van der Waals surface area contributed by atoms with Crippen molar-refractivity contribution in [3.05, 3.63) is 6.33 Å². The van der Waals surface area contributed by atoms with E-state index in [0.717, 1.165) is 30.4 Å². The topological polar surface area (TPSA) is 83.0 Å². The SMILES string of the molecule is Nc1ncn(C(=O)OC2CCCCC2)n1. The summed E-state index contributed by atoms with van der Waals surface area (Å²) in [6.07, 6.45) is 6.15. The first kappa shape index (κ1) is 9.95. The Labute approximate surface area is 87.4 Å². The first-order valence-electron chi connectivity index (χ1n) is 5.14. The average molecular weight is 210 g/mol. The summed E-state index contributed by atoms with van der Waals surface area (Å²) >= 11 is 0.